The zero-order chi connectivity index (χ0) is 21.0. The molecule has 2 fully saturated rings. The van der Waals surface area contributed by atoms with Crippen LogP contribution in [0.1, 0.15) is 31.2 Å². The summed E-state index contributed by atoms with van der Waals surface area (Å²) >= 11 is 0. The van der Waals surface area contributed by atoms with Gasteiger partial charge in [-0.1, -0.05) is 25.0 Å². The molecule has 0 spiro atoms. The summed E-state index contributed by atoms with van der Waals surface area (Å²) in [4.78, 5) is 50.4. The van der Waals surface area contributed by atoms with Crippen LogP contribution < -0.4 is 10.1 Å². The Morgan fingerprint density at radius 2 is 1.76 bits per heavy atom. The smallest absolute Gasteiger partial charge is 0.387 e. The molecule has 0 unspecified atom stereocenters. The van der Waals surface area contributed by atoms with E-state index in [1.807, 2.05) is 0 Å². The lowest BCUT2D eigenvalue weighted by atomic mass is 10.1. The number of rotatable bonds is 8. The van der Waals surface area contributed by atoms with Gasteiger partial charge < -0.3 is 10.1 Å². The van der Waals surface area contributed by atoms with Crippen LogP contribution in [0.4, 0.5) is 13.6 Å². The summed E-state index contributed by atoms with van der Waals surface area (Å²) in [6, 6.07) is 4.97. The fourth-order valence-electron chi connectivity index (χ4n) is 3.53. The van der Waals surface area contributed by atoms with Gasteiger partial charge in [-0.25, -0.2) is 9.69 Å². The summed E-state index contributed by atoms with van der Waals surface area (Å²) in [5, 5.41) is 2.58. The predicted molar refractivity (Wildman–Crippen MR) is 96.0 cm³/mol. The van der Waals surface area contributed by atoms with Crippen LogP contribution in [0.25, 0.3) is 0 Å². The first-order valence-electron chi connectivity index (χ1n) is 9.36. The summed E-state index contributed by atoms with van der Waals surface area (Å²) in [6.07, 6.45) is 3.55. The Hall–Kier alpha value is -3.04. The molecule has 0 radical (unpaired) electrons. The lowest BCUT2D eigenvalue weighted by molar-refractivity contribution is -0.144. The van der Waals surface area contributed by atoms with Gasteiger partial charge in [0.15, 0.2) is 0 Å². The van der Waals surface area contributed by atoms with Crippen molar-refractivity contribution < 1.29 is 32.7 Å². The number of carbonyl (C=O) groups is 4. The summed E-state index contributed by atoms with van der Waals surface area (Å²) in [7, 11) is 0. The van der Waals surface area contributed by atoms with E-state index in [0.29, 0.717) is 24.2 Å². The minimum absolute atomic E-state index is 0.0373. The van der Waals surface area contributed by atoms with Crippen LogP contribution in [-0.4, -0.2) is 59.3 Å². The maximum Gasteiger partial charge on any atom is 0.387 e. The first kappa shape index (κ1) is 20.7. The number of hydrogen-bond acceptors (Lipinski definition) is 5. The number of ether oxygens (including phenoxy) is 1. The van der Waals surface area contributed by atoms with Crippen LogP contribution >= 0.6 is 0 Å². The summed E-state index contributed by atoms with van der Waals surface area (Å²) in [6.45, 7) is -3.20. The highest BCUT2D eigenvalue weighted by atomic mass is 19.3. The summed E-state index contributed by atoms with van der Waals surface area (Å²) < 4.78 is 28.5. The molecular formula is C19H21F2N3O5. The number of nitrogens with one attached hydrogen (secondary N) is 1. The number of carbonyl (C=O) groups excluding carboxylic acids is 4. The second-order valence-corrected chi connectivity index (χ2v) is 6.91. The molecule has 3 rings (SSSR count). The molecule has 1 aromatic carbocycles. The third kappa shape index (κ3) is 4.87. The Balaban J connectivity index is 1.47. The van der Waals surface area contributed by atoms with E-state index in [9.17, 15) is 28.0 Å². The predicted octanol–water partition coefficient (Wildman–Crippen LogP) is 1.68. The van der Waals surface area contributed by atoms with Gasteiger partial charge in [0.05, 0.1) is 0 Å². The molecule has 2 aliphatic rings. The molecule has 5 amide bonds. The number of nitrogens with zero attached hydrogens (tertiary/aromatic N) is 2. The second kappa shape index (κ2) is 8.97. The molecule has 10 heteroatoms. The lowest BCUT2D eigenvalue weighted by Crippen LogP contribution is -2.43. The summed E-state index contributed by atoms with van der Waals surface area (Å²) in [5.74, 6) is -2.38. The van der Waals surface area contributed by atoms with Gasteiger partial charge in [0.1, 0.15) is 12.3 Å². The van der Waals surface area contributed by atoms with Crippen molar-refractivity contribution in [3.63, 3.8) is 0 Å². The molecule has 0 bridgehead atoms. The fourth-order valence-corrected chi connectivity index (χ4v) is 3.53. The topological polar surface area (TPSA) is 96.0 Å². The van der Waals surface area contributed by atoms with Gasteiger partial charge in [-0.2, -0.15) is 8.78 Å². The summed E-state index contributed by atoms with van der Waals surface area (Å²) in [5.41, 5.74) is 0.780. The first-order chi connectivity index (χ1) is 13.9. The average Bonchev–Trinajstić information content (AvgIpc) is 3.26. The van der Waals surface area contributed by atoms with Crippen LogP contribution in [0.3, 0.4) is 0 Å². The normalized spacial score (nSPS) is 17.6. The van der Waals surface area contributed by atoms with E-state index in [-0.39, 0.29) is 18.3 Å². The fraction of sp³-hybridized carbons (Fsp3) is 0.474. The van der Waals surface area contributed by atoms with Gasteiger partial charge in [0.2, 0.25) is 5.91 Å². The quantitative estimate of drug-likeness (QED) is 0.521. The third-order valence-electron chi connectivity index (χ3n) is 4.96. The molecule has 1 heterocycles. The molecule has 1 aromatic rings. The Bertz CT molecular complexity index is 794. The maximum absolute atomic E-state index is 12.4. The highest BCUT2D eigenvalue weighted by Gasteiger charge is 2.48. The number of imide groups is 2. The molecule has 0 aromatic heterocycles. The molecule has 156 valence electrons. The van der Waals surface area contributed by atoms with Crippen LogP contribution in [0.5, 0.6) is 5.75 Å². The Kier molecular flexibility index (Phi) is 6.40. The van der Waals surface area contributed by atoms with Crippen molar-refractivity contribution in [2.45, 2.75) is 44.8 Å². The van der Waals surface area contributed by atoms with Crippen molar-refractivity contribution >= 4 is 23.8 Å². The molecule has 0 atom stereocenters. The molecule has 1 aliphatic carbocycles. The number of hydrogen-bond donors (Lipinski definition) is 1. The van der Waals surface area contributed by atoms with E-state index >= 15 is 0 Å². The van der Waals surface area contributed by atoms with Gasteiger partial charge in [-0.3, -0.25) is 19.3 Å². The standard InChI is InChI=1S/C19H21F2N3O5/c20-18(21)29-14-7-5-12(6-8-14)9-10-22-15(25)11-23-16(26)17(27)24(19(23)28)13-3-1-2-4-13/h5-8,13,18H,1-4,9-11H2,(H,22,25). The van der Waals surface area contributed by atoms with Crippen LogP contribution in [0.2, 0.25) is 0 Å². The van der Waals surface area contributed by atoms with Gasteiger partial charge in [-0.15, -0.1) is 0 Å². The van der Waals surface area contributed by atoms with Crippen molar-refractivity contribution in [1.29, 1.82) is 0 Å². The Morgan fingerprint density at radius 3 is 2.38 bits per heavy atom. The zero-order valence-corrected chi connectivity index (χ0v) is 15.6. The maximum atomic E-state index is 12.4. The monoisotopic (exact) mass is 409 g/mol. The molecule has 29 heavy (non-hydrogen) atoms. The molecule has 1 N–H and O–H groups in total. The highest BCUT2D eigenvalue weighted by molar-refractivity contribution is 6.45. The lowest BCUT2D eigenvalue weighted by Gasteiger charge is -2.20. The molecule has 1 saturated heterocycles. The van der Waals surface area contributed by atoms with Crippen molar-refractivity contribution in [3.05, 3.63) is 29.8 Å². The van der Waals surface area contributed by atoms with Crippen molar-refractivity contribution in [3.8, 4) is 5.75 Å². The van der Waals surface area contributed by atoms with E-state index in [2.05, 4.69) is 10.1 Å². The van der Waals surface area contributed by atoms with Crippen LogP contribution in [0.15, 0.2) is 24.3 Å². The van der Waals surface area contributed by atoms with E-state index in [0.717, 1.165) is 23.3 Å². The zero-order valence-electron chi connectivity index (χ0n) is 15.6. The number of amides is 5. The molecular weight excluding hydrogens is 388 g/mol. The van der Waals surface area contributed by atoms with Gasteiger partial charge >= 0.3 is 24.5 Å². The third-order valence-corrected chi connectivity index (χ3v) is 4.96. The molecule has 8 nitrogen and oxygen atoms in total. The van der Waals surface area contributed by atoms with Crippen molar-refractivity contribution in [2.75, 3.05) is 13.1 Å². The molecule has 1 saturated carbocycles. The minimum atomic E-state index is -2.90. The van der Waals surface area contributed by atoms with Crippen LogP contribution in [-0.2, 0) is 20.8 Å². The number of benzene rings is 1. The Labute approximate surface area is 165 Å². The van der Waals surface area contributed by atoms with Crippen molar-refractivity contribution in [2.24, 2.45) is 0 Å². The van der Waals surface area contributed by atoms with E-state index in [1.54, 1.807) is 12.1 Å². The minimum Gasteiger partial charge on any atom is -0.435 e. The van der Waals surface area contributed by atoms with Gasteiger partial charge in [0, 0.05) is 12.6 Å². The van der Waals surface area contributed by atoms with E-state index in [1.165, 1.54) is 12.1 Å². The van der Waals surface area contributed by atoms with Crippen molar-refractivity contribution in [1.82, 2.24) is 15.1 Å². The highest BCUT2D eigenvalue weighted by Crippen LogP contribution is 2.27. The number of alkyl halides is 2. The second-order valence-electron chi connectivity index (χ2n) is 6.91. The van der Waals surface area contributed by atoms with Gasteiger partial charge in [0.25, 0.3) is 0 Å². The molecule has 1 aliphatic heterocycles. The largest absolute Gasteiger partial charge is 0.435 e. The number of halogens is 2. The van der Waals surface area contributed by atoms with Gasteiger partial charge in [-0.05, 0) is 37.0 Å². The SMILES string of the molecule is O=C(CN1C(=O)C(=O)N(C2CCCC2)C1=O)NCCc1ccc(OC(F)F)cc1. The average molecular weight is 409 g/mol. The number of urea groups is 1. The first-order valence-corrected chi connectivity index (χ1v) is 9.36. The Morgan fingerprint density at radius 1 is 1.10 bits per heavy atom. The van der Waals surface area contributed by atoms with E-state index < -0.39 is 36.9 Å². The van der Waals surface area contributed by atoms with E-state index in [4.69, 9.17) is 0 Å². The van der Waals surface area contributed by atoms with Crippen LogP contribution in [0, 0.1) is 0 Å².